The normalized spacial score (nSPS) is 23.0. The number of nitrogens with zero attached hydrogens (tertiary/aromatic N) is 3. The summed E-state index contributed by atoms with van der Waals surface area (Å²) in [5.74, 6) is -0.248. The van der Waals surface area contributed by atoms with E-state index in [0.717, 1.165) is 30.3 Å². The monoisotopic (exact) mass is 613 g/mol. The third-order valence-electron chi connectivity index (χ3n) is 8.83. The third kappa shape index (κ3) is 4.82. The van der Waals surface area contributed by atoms with Gasteiger partial charge in [0.1, 0.15) is 22.7 Å². The summed E-state index contributed by atoms with van der Waals surface area (Å²) in [5.41, 5.74) is -2.04. The molecule has 42 heavy (non-hydrogen) atoms. The Hall–Kier alpha value is -3.25. The topological polar surface area (TPSA) is 137 Å². The number of aliphatic hydroxyl groups excluding tert-OH is 1. The van der Waals surface area contributed by atoms with Gasteiger partial charge in [-0.3, -0.25) is 9.36 Å². The van der Waals surface area contributed by atoms with Crippen LogP contribution in [0.4, 0.5) is 0 Å². The fraction of sp³-hybridized carbons (Fsp3) is 0.467. The van der Waals surface area contributed by atoms with Crippen molar-refractivity contribution in [3.63, 3.8) is 0 Å². The molecular formula is C30H32ClN3O7S. The first-order chi connectivity index (χ1) is 20.0. The summed E-state index contributed by atoms with van der Waals surface area (Å²) in [6.45, 7) is 4.40. The van der Waals surface area contributed by atoms with Crippen LogP contribution in [0.2, 0.25) is 5.02 Å². The second kappa shape index (κ2) is 10.8. The summed E-state index contributed by atoms with van der Waals surface area (Å²) in [7, 11) is 0. The van der Waals surface area contributed by atoms with E-state index in [1.807, 2.05) is 18.2 Å². The molecule has 2 aliphatic rings. The Kier molecular flexibility index (Phi) is 7.41. The molecule has 2 fully saturated rings. The molecule has 5 atom stereocenters. The highest BCUT2D eigenvalue weighted by atomic mass is 35.5. The van der Waals surface area contributed by atoms with Crippen molar-refractivity contribution in [1.82, 2.24) is 14.1 Å². The number of aryl methyl sites for hydroxylation is 1. The van der Waals surface area contributed by atoms with Crippen LogP contribution in [0.15, 0.2) is 50.7 Å². The van der Waals surface area contributed by atoms with E-state index in [9.17, 15) is 24.6 Å². The largest absolute Gasteiger partial charge is 0.480 e. The first kappa shape index (κ1) is 28.9. The standard InChI is InChI=1S/C30H32ClN3O7S/c1-15-23-26(36)34(30(2,3)28(37)38)29(39)33(27(23)42-24(15)25-32-8-9-40-25)14-22(20-6-4-5-7-21(20)31)41-19-12-16-10-18(35)11-17(16)13-19/h4-9,16-19,22,35H,10-14H2,1-3H3,(H,37,38)/t16-,17+,18-,19+,22?. The summed E-state index contributed by atoms with van der Waals surface area (Å²) in [4.78, 5) is 45.5. The van der Waals surface area contributed by atoms with Gasteiger partial charge in [0.25, 0.3) is 5.56 Å². The van der Waals surface area contributed by atoms with Crippen molar-refractivity contribution in [3.8, 4) is 10.8 Å². The molecule has 2 aliphatic carbocycles. The summed E-state index contributed by atoms with van der Waals surface area (Å²) in [5, 5.41) is 20.8. The van der Waals surface area contributed by atoms with E-state index in [-0.39, 0.29) is 24.1 Å². The lowest BCUT2D eigenvalue weighted by atomic mass is 10.0. The highest BCUT2D eigenvalue weighted by Gasteiger charge is 2.43. The number of hydrogen-bond acceptors (Lipinski definition) is 8. The van der Waals surface area contributed by atoms with Gasteiger partial charge in [-0.2, -0.15) is 0 Å². The van der Waals surface area contributed by atoms with E-state index in [1.54, 1.807) is 13.0 Å². The second-order valence-corrected chi connectivity index (χ2v) is 13.3. The summed E-state index contributed by atoms with van der Waals surface area (Å²) >= 11 is 7.85. The molecule has 10 nitrogen and oxygen atoms in total. The van der Waals surface area contributed by atoms with Gasteiger partial charge in [-0.05, 0) is 69.9 Å². The fourth-order valence-corrected chi connectivity index (χ4v) is 8.12. The Bertz CT molecular complexity index is 1760. The molecule has 0 bridgehead atoms. The van der Waals surface area contributed by atoms with Gasteiger partial charge in [-0.25, -0.2) is 19.1 Å². The van der Waals surface area contributed by atoms with Gasteiger partial charge in [0.05, 0.1) is 35.2 Å². The van der Waals surface area contributed by atoms with E-state index in [2.05, 4.69) is 4.98 Å². The maximum Gasteiger partial charge on any atom is 0.333 e. The molecule has 4 aromatic rings. The van der Waals surface area contributed by atoms with Crippen molar-refractivity contribution < 1.29 is 24.2 Å². The molecule has 0 spiro atoms. The average molecular weight is 614 g/mol. The number of aliphatic hydroxyl groups is 1. The number of hydrogen-bond donors (Lipinski definition) is 2. The summed E-state index contributed by atoms with van der Waals surface area (Å²) in [6.07, 6.45) is 4.99. The number of rotatable bonds is 8. The number of thiophene rings is 1. The Morgan fingerprint density at radius 2 is 1.90 bits per heavy atom. The average Bonchev–Trinajstić information content (AvgIpc) is 3.70. The number of oxazole rings is 1. The predicted molar refractivity (Wildman–Crippen MR) is 158 cm³/mol. The van der Waals surface area contributed by atoms with Crippen molar-refractivity contribution in [1.29, 1.82) is 0 Å². The predicted octanol–water partition coefficient (Wildman–Crippen LogP) is 4.97. The van der Waals surface area contributed by atoms with Gasteiger partial charge in [0, 0.05) is 10.6 Å². The van der Waals surface area contributed by atoms with Gasteiger partial charge in [-0.15, -0.1) is 11.3 Å². The minimum atomic E-state index is -1.83. The molecule has 0 amide bonds. The van der Waals surface area contributed by atoms with Gasteiger partial charge in [-0.1, -0.05) is 29.8 Å². The zero-order valence-corrected chi connectivity index (χ0v) is 25.0. The Morgan fingerprint density at radius 1 is 1.21 bits per heavy atom. The van der Waals surface area contributed by atoms with Crippen LogP contribution >= 0.6 is 22.9 Å². The van der Waals surface area contributed by atoms with Crippen molar-refractivity contribution in [2.24, 2.45) is 11.8 Å². The van der Waals surface area contributed by atoms with Gasteiger partial charge < -0.3 is 19.4 Å². The Morgan fingerprint density at radius 3 is 2.52 bits per heavy atom. The van der Waals surface area contributed by atoms with Crippen molar-refractivity contribution in [3.05, 3.63) is 73.7 Å². The summed E-state index contributed by atoms with van der Waals surface area (Å²) in [6, 6.07) is 7.27. The molecule has 1 aromatic carbocycles. The maximum absolute atomic E-state index is 14.2. The second-order valence-electron chi connectivity index (χ2n) is 11.9. The van der Waals surface area contributed by atoms with Crippen LogP contribution < -0.4 is 11.2 Å². The molecule has 222 valence electrons. The van der Waals surface area contributed by atoms with Crippen LogP contribution in [0.3, 0.4) is 0 Å². The Balaban J connectivity index is 1.52. The first-order valence-corrected chi connectivity index (χ1v) is 15.2. The molecule has 6 rings (SSSR count). The van der Waals surface area contributed by atoms with E-state index < -0.39 is 28.9 Å². The minimum Gasteiger partial charge on any atom is -0.480 e. The molecule has 0 saturated heterocycles. The molecule has 3 heterocycles. The number of aliphatic carboxylic acids is 1. The molecule has 0 aliphatic heterocycles. The number of ether oxygens (including phenoxy) is 1. The maximum atomic E-state index is 14.2. The minimum absolute atomic E-state index is 0.00548. The molecule has 2 saturated carbocycles. The van der Waals surface area contributed by atoms with E-state index in [0.29, 0.717) is 43.6 Å². The number of carboxylic acid groups (broad SMARTS) is 1. The number of carboxylic acids is 1. The summed E-state index contributed by atoms with van der Waals surface area (Å²) < 4.78 is 14.5. The highest BCUT2D eigenvalue weighted by Crippen LogP contribution is 2.46. The van der Waals surface area contributed by atoms with Crippen LogP contribution in [0.5, 0.6) is 0 Å². The van der Waals surface area contributed by atoms with Gasteiger partial charge >= 0.3 is 11.7 Å². The van der Waals surface area contributed by atoms with Crippen molar-refractivity contribution in [2.45, 2.75) is 76.9 Å². The van der Waals surface area contributed by atoms with Crippen LogP contribution in [0.25, 0.3) is 21.0 Å². The lowest BCUT2D eigenvalue weighted by Crippen LogP contribution is -2.52. The first-order valence-electron chi connectivity index (χ1n) is 14.0. The lowest BCUT2D eigenvalue weighted by Gasteiger charge is -2.27. The molecule has 1 unspecified atom stereocenters. The van der Waals surface area contributed by atoms with Crippen LogP contribution in [-0.4, -0.2) is 42.5 Å². The number of aromatic nitrogens is 3. The Labute approximate surface area is 250 Å². The lowest BCUT2D eigenvalue weighted by molar-refractivity contribution is -0.146. The third-order valence-corrected chi connectivity index (χ3v) is 10.5. The number of halogens is 1. The molecule has 0 radical (unpaired) electrons. The zero-order chi connectivity index (χ0) is 29.9. The van der Waals surface area contributed by atoms with Crippen LogP contribution in [-0.2, 0) is 21.6 Å². The van der Waals surface area contributed by atoms with Crippen molar-refractivity contribution >= 4 is 39.1 Å². The van der Waals surface area contributed by atoms with Crippen LogP contribution in [0, 0.1) is 18.8 Å². The van der Waals surface area contributed by atoms with E-state index >= 15 is 0 Å². The SMILES string of the molecule is Cc1c(-c2ncco2)sc2c1c(=O)n(C(C)(C)C(=O)O)c(=O)n2CC(O[C@H]1C[C@H]2C[C@@H](O)C[C@H]2C1)c1ccccc1Cl. The molecule has 12 heteroatoms. The van der Waals surface area contributed by atoms with E-state index in [1.165, 1.54) is 42.2 Å². The van der Waals surface area contributed by atoms with Crippen LogP contribution in [0.1, 0.15) is 56.8 Å². The van der Waals surface area contributed by atoms with Crippen molar-refractivity contribution in [2.75, 3.05) is 0 Å². The zero-order valence-electron chi connectivity index (χ0n) is 23.4. The van der Waals surface area contributed by atoms with E-state index in [4.69, 9.17) is 20.8 Å². The molecule has 3 aromatic heterocycles. The fourth-order valence-electron chi connectivity index (χ4n) is 6.62. The molecule has 2 N–H and O–H groups in total. The quantitative estimate of drug-likeness (QED) is 0.284. The number of benzene rings is 1. The smallest absolute Gasteiger partial charge is 0.333 e. The molecular weight excluding hydrogens is 582 g/mol. The van der Waals surface area contributed by atoms with Gasteiger partial charge in [0.2, 0.25) is 5.89 Å². The highest BCUT2D eigenvalue weighted by molar-refractivity contribution is 7.22. The number of carbonyl (C=O) groups is 1. The van der Waals surface area contributed by atoms with Gasteiger partial charge in [0.15, 0.2) is 0 Å². The number of fused-ring (bicyclic) bond motifs is 2.